The Balaban J connectivity index is 1.35. The molecule has 1 aliphatic carbocycles. The molecule has 2 atom stereocenters. The van der Waals surface area contributed by atoms with Gasteiger partial charge in [-0.15, -0.1) is 11.3 Å². The van der Waals surface area contributed by atoms with Gasteiger partial charge in [-0.2, -0.15) is 0 Å². The lowest BCUT2D eigenvalue weighted by atomic mass is 9.90. The third-order valence-corrected chi connectivity index (χ3v) is 7.13. The molecule has 0 saturated carbocycles. The first-order valence-corrected chi connectivity index (χ1v) is 10.8. The second-order valence-corrected chi connectivity index (χ2v) is 9.15. The molecule has 1 amide bonds. The largest absolute Gasteiger partial charge is 0.440 e. The third kappa shape index (κ3) is 3.18. The number of nitrogens with zero attached hydrogens (tertiary/aromatic N) is 2. The number of aryl methyl sites for hydroxylation is 1. The second-order valence-electron chi connectivity index (χ2n) is 8.02. The van der Waals surface area contributed by atoms with Gasteiger partial charge in [0.15, 0.2) is 11.5 Å². The minimum Gasteiger partial charge on any atom is -0.440 e. The number of para-hydroxylation sites is 2. The Morgan fingerprint density at radius 2 is 2.19 bits per heavy atom. The number of aromatic nitrogens is 1. The summed E-state index contributed by atoms with van der Waals surface area (Å²) in [6.45, 7) is 3.83. The summed E-state index contributed by atoms with van der Waals surface area (Å²) < 4.78 is 5.97. The number of likely N-dealkylation sites (tertiary alicyclic amines) is 1. The fourth-order valence-electron chi connectivity index (χ4n) is 4.39. The van der Waals surface area contributed by atoms with Crippen molar-refractivity contribution in [3.8, 4) is 0 Å². The van der Waals surface area contributed by atoms with Gasteiger partial charge in [0.2, 0.25) is 0 Å². The molecule has 3 heterocycles. The van der Waals surface area contributed by atoms with E-state index >= 15 is 0 Å². The molecule has 1 aliphatic heterocycles. The summed E-state index contributed by atoms with van der Waals surface area (Å²) in [5.41, 5.74) is 3.13. The fourth-order valence-corrected chi connectivity index (χ4v) is 5.57. The fraction of sp³-hybridized carbons (Fsp3) is 0.455. The molecule has 27 heavy (non-hydrogen) atoms. The van der Waals surface area contributed by atoms with Crippen LogP contribution < -0.4 is 0 Å². The average molecular weight is 381 g/mol. The van der Waals surface area contributed by atoms with Gasteiger partial charge in [0.25, 0.3) is 5.91 Å². The van der Waals surface area contributed by atoms with Crippen molar-refractivity contribution in [2.45, 2.75) is 44.9 Å². The van der Waals surface area contributed by atoms with Crippen molar-refractivity contribution in [2.75, 3.05) is 13.1 Å². The van der Waals surface area contributed by atoms with E-state index in [9.17, 15) is 4.79 Å². The quantitative estimate of drug-likeness (QED) is 0.626. The molecular formula is C22H24N2O2S. The minimum atomic E-state index is 0.183. The lowest BCUT2D eigenvalue weighted by Crippen LogP contribution is -2.38. The number of amides is 1. The highest BCUT2D eigenvalue weighted by Crippen LogP contribution is 2.34. The Bertz CT molecular complexity index is 956. The molecule has 0 unspecified atom stereocenters. The predicted molar refractivity (Wildman–Crippen MR) is 107 cm³/mol. The van der Waals surface area contributed by atoms with Crippen LogP contribution in [0.5, 0.6) is 0 Å². The molecule has 5 rings (SSSR count). The number of carbonyl (C=O) groups is 1. The van der Waals surface area contributed by atoms with E-state index in [1.807, 2.05) is 29.2 Å². The molecule has 0 bridgehead atoms. The number of fused-ring (bicyclic) bond motifs is 2. The van der Waals surface area contributed by atoms with E-state index in [0.717, 1.165) is 60.0 Å². The number of thiophene rings is 1. The number of rotatable bonds is 2. The highest BCUT2D eigenvalue weighted by molar-refractivity contribution is 7.14. The van der Waals surface area contributed by atoms with Crippen LogP contribution in [0.2, 0.25) is 0 Å². The molecule has 1 aromatic carbocycles. The van der Waals surface area contributed by atoms with E-state index in [1.54, 1.807) is 11.3 Å². The van der Waals surface area contributed by atoms with E-state index in [-0.39, 0.29) is 11.8 Å². The maximum absolute atomic E-state index is 13.1. The van der Waals surface area contributed by atoms with Crippen LogP contribution >= 0.6 is 11.3 Å². The van der Waals surface area contributed by atoms with Gasteiger partial charge < -0.3 is 9.32 Å². The molecule has 140 valence electrons. The summed E-state index contributed by atoms with van der Waals surface area (Å²) >= 11 is 1.71. The monoisotopic (exact) mass is 380 g/mol. The topological polar surface area (TPSA) is 46.3 Å². The lowest BCUT2D eigenvalue weighted by molar-refractivity contribution is 0.0704. The van der Waals surface area contributed by atoms with Crippen LogP contribution in [-0.2, 0) is 12.8 Å². The van der Waals surface area contributed by atoms with Crippen molar-refractivity contribution in [3.63, 3.8) is 0 Å². The number of carbonyl (C=O) groups excluding carboxylic acids is 1. The van der Waals surface area contributed by atoms with Crippen molar-refractivity contribution in [2.24, 2.45) is 5.92 Å². The van der Waals surface area contributed by atoms with Crippen LogP contribution in [0.3, 0.4) is 0 Å². The zero-order valence-electron chi connectivity index (χ0n) is 15.6. The van der Waals surface area contributed by atoms with Crippen LogP contribution in [-0.4, -0.2) is 28.9 Å². The Kier molecular flexibility index (Phi) is 4.27. The van der Waals surface area contributed by atoms with Crippen molar-refractivity contribution >= 4 is 28.3 Å². The zero-order valence-corrected chi connectivity index (χ0v) is 16.4. The number of benzene rings is 1. The number of piperidine rings is 1. The summed E-state index contributed by atoms with van der Waals surface area (Å²) in [6, 6.07) is 10.0. The van der Waals surface area contributed by atoms with Gasteiger partial charge in [-0.1, -0.05) is 19.1 Å². The number of hydrogen-bond donors (Lipinski definition) is 0. The third-order valence-electron chi connectivity index (χ3n) is 5.91. The van der Waals surface area contributed by atoms with Crippen molar-refractivity contribution in [3.05, 3.63) is 51.5 Å². The van der Waals surface area contributed by atoms with Gasteiger partial charge in [0.1, 0.15) is 5.52 Å². The van der Waals surface area contributed by atoms with Crippen molar-refractivity contribution in [1.82, 2.24) is 9.88 Å². The molecular weight excluding hydrogens is 356 g/mol. The Morgan fingerprint density at radius 3 is 3.07 bits per heavy atom. The van der Waals surface area contributed by atoms with Crippen LogP contribution in [0.4, 0.5) is 0 Å². The SMILES string of the molecule is C[C@H]1CCc2sc(C(=O)N3CCC[C@@H](c4nc5ccccc5o4)C3)cc2C1. The van der Waals surface area contributed by atoms with Crippen molar-refractivity contribution in [1.29, 1.82) is 0 Å². The molecule has 2 aromatic heterocycles. The van der Waals surface area contributed by atoms with Gasteiger partial charge >= 0.3 is 0 Å². The lowest BCUT2D eigenvalue weighted by Gasteiger charge is -2.31. The van der Waals surface area contributed by atoms with Gasteiger partial charge in [0, 0.05) is 18.0 Å². The van der Waals surface area contributed by atoms with E-state index in [0.29, 0.717) is 6.54 Å². The molecule has 3 aromatic rings. The highest BCUT2D eigenvalue weighted by Gasteiger charge is 2.30. The Morgan fingerprint density at radius 1 is 1.30 bits per heavy atom. The smallest absolute Gasteiger partial charge is 0.263 e. The predicted octanol–water partition coefficient (Wildman–Crippen LogP) is 5.03. The number of oxazole rings is 1. The standard InChI is InChI=1S/C22H24N2O2S/c1-14-8-9-19-16(11-14)12-20(27-19)22(25)24-10-4-5-15(13-24)21-23-17-6-2-3-7-18(17)26-21/h2-3,6-7,12,14-15H,4-5,8-11,13H2,1H3/t14-,15+/m0/s1. The van der Waals surface area contributed by atoms with E-state index in [2.05, 4.69) is 18.0 Å². The molecule has 0 radical (unpaired) electrons. The van der Waals surface area contributed by atoms with Gasteiger partial charge in [-0.05, 0) is 61.8 Å². The van der Waals surface area contributed by atoms with Crippen LogP contribution in [0.25, 0.3) is 11.1 Å². The summed E-state index contributed by atoms with van der Waals surface area (Å²) in [5, 5.41) is 0. The molecule has 0 N–H and O–H groups in total. The molecule has 4 nitrogen and oxygen atoms in total. The first kappa shape index (κ1) is 17.0. The number of hydrogen-bond acceptors (Lipinski definition) is 4. The van der Waals surface area contributed by atoms with E-state index < -0.39 is 0 Å². The van der Waals surface area contributed by atoms with E-state index in [1.165, 1.54) is 16.9 Å². The average Bonchev–Trinajstić information content (AvgIpc) is 3.31. The van der Waals surface area contributed by atoms with Gasteiger partial charge in [-0.25, -0.2) is 4.98 Å². The summed E-state index contributed by atoms with van der Waals surface area (Å²) in [5.74, 6) is 1.87. The molecule has 2 aliphatic rings. The van der Waals surface area contributed by atoms with Crippen LogP contribution in [0.15, 0.2) is 34.7 Å². The summed E-state index contributed by atoms with van der Waals surface area (Å²) in [6.07, 6.45) is 5.50. The Labute approximate surface area is 163 Å². The van der Waals surface area contributed by atoms with Gasteiger partial charge in [-0.3, -0.25) is 4.79 Å². The first-order chi connectivity index (χ1) is 13.2. The maximum atomic E-state index is 13.1. The van der Waals surface area contributed by atoms with E-state index in [4.69, 9.17) is 4.42 Å². The van der Waals surface area contributed by atoms with Crippen molar-refractivity contribution < 1.29 is 9.21 Å². The molecule has 1 fully saturated rings. The maximum Gasteiger partial charge on any atom is 0.263 e. The minimum absolute atomic E-state index is 0.183. The van der Waals surface area contributed by atoms with Gasteiger partial charge in [0.05, 0.1) is 10.8 Å². The summed E-state index contributed by atoms with van der Waals surface area (Å²) in [4.78, 5) is 22.1. The molecule has 5 heteroatoms. The second kappa shape index (κ2) is 6.79. The molecule has 1 saturated heterocycles. The first-order valence-electron chi connectivity index (χ1n) is 9.93. The zero-order chi connectivity index (χ0) is 18.4. The van der Waals surface area contributed by atoms with Crippen LogP contribution in [0.1, 0.15) is 58.1 Å². The Hall–Kier alpha value is -2.14. The summed E-state index contributed by atoms with van der Waals surface area (Å²) in [7, 11) is 0. The normalized spacial score (nSPS) is 22.8. The highest BCUT2D eigenvalue weighted by atomic mass is 32.1. The van der Waals surface area contributed by atoms with Crippen LogP contribution in [0, 0.1) is 5.92 Å². The molecule has 0 spiro atoms.